The van der Waals surface area contributed by atoms with Crippen LogP contribution in [-0.2, 0) is 4.79 Å². The Kier molecular flexibility index (Phi) is 3.65. The zero-order valence-electron chi connectivity index (χ0n) is 5.23. The van der Waals surface area contributed by atoms with Gasteiger partial charge in [-0.15, -0.1) is 0 Å². The third-order valence-electron chi connectivity index (χ3n) is 0.847. The maximum atomic E-state index is 12.4. The van der Waals surface area contributed by atoms with Gasteiger partial charge in [-0.25, -0.2) is 4.39 Å². The minimum absolute atomic E-state index is 0.118. The maximum Gasteiger partial charge on any atom is 0.154 e. The first-order chi connectivity index (χ1) is 4.63. The van der Waals surface area contributed by atoms with Crippen molar-refractivity contribution in [2.24, 2.45) is 0 Å². The Morgan fingerprint density at radius 2 is 2.10 bits per heavy atom. The van der Waals surface area contributed by atoms with E-state index in [0.717, 1.165) is 6.08 Å². The summed E-state index contributed by atoms with van der Waals surface area (Å²) in [7, 11) is 0. The molecule has 0 saturated carbocycles. The Hall–Kier alpha value is -0.890. The average Bonchev–Trinajstić information content (AvgIpc) is 1.88. The van der Waals surface area contributed by atoms with Crippen LogP contribution in [0.1, 0.15) is 0 Å². The van der Waals surface area contributed by atoms with Gasteiger partial charge in [-0.1, -0.05) is 24.8 Å². The number of hydrogen-bond acceptors (Lipinski definition) is 1. The quantitative estimate of drug-likeness (QED) is 0.352. The first-order valence-corrected chi connectivity index (χ1v) is 2.83. The van der Waals surface area contributed by atoms with Crippen LogP contribution < -0.4 is 0 Å². The van der Waals surface area contributed by atoms with Crippen LogP contribution >= 0.6 is 11.6 Å². The number of allylic oxidation sites excluding steroid dienone is 4. The molecule has 0 aromatic rings. The Balaban J connectivity index is 4.79. The fraction of sp³-hybridized carbons (Fsp3) is 0. The molecule has 1 nitrogen and oxygen atoms in total. The van der Waals surface area contributed by atoms with E-state index >= 15 is 0 Å². The minimum Gasteiger partial charge on any atom is -0.298 e. The number of rotatable bonds is 3. The van der Waals surface area contributed by atoms with Gasteiger partial charge in [0.15, 0.2) is 6.29 Å². The van der Waals surface area contributed by atoms with Gasteiger partial charge in [-0.2, -0.15) is 0 Å². The van der Waals surface area contributed by atoms with Gasteiger partial charge >= 0.3 is 0 Å². The lowest BCUT2D eigenvalue weighted by Crippen LogP contribution is -1.85. The van der Waals surface area contributed by atoms with Crippen LogP contribution in [0.2, 0.25) is 0 Å². The molecule has 0 radical (unpaired) electrons. The number of halogens is 2. The zero-order chi connectivity index (χ0) is 8.15. The molecule has 0 amide bonds. The van der Waals surface area contributed by atoms with Gasteiger partial charge in [-0.3, -0.25) is 4.79 Å². The summed E-state index contributed by atoms with van der Waals surface area (Å²) in [5.41, 5.74) is -0.253. The SMILES string of the molecule is C=C/C(F)=C(/C=O)C(=C)Cl. The normalized spacial score (nSPS) is 11.8. The number of aldehydes is 1. The monoisotopic (exact) mass is 160 g/mol. The van der Waals surface area contributed by atoms with Gasteiger partial charge in [0.2, 0.25) is 0 Å². The fourth-order valence-corrected chi connectivity index (χ4v) is 0.495. The molecule has 0 N–H and O–H groups in total. The Bertz CT molecular complexity index is 206. The zero-order valence-corrected chi connectivity index (χ0v) is 5.99. The largest absolute Gasteiger partial charge is 0.298 e. The summed E-state index contributed by atoms with van der Waals surface area (Å²) in [6.07, 6.45) is 1.20. The number of carbonyl (C=O) groups excluding carboxylic acids is 1. The molecule has 0 aliphatic rings. The van der Waals surface area contributed by atoms with Crippen LogP contribution in [0.25, 0.3) is 0 Å². The molecule has 0 unspecified atom stereocenters. The van der Waals surface area contributed by atoms with Crippen LogP contribution in [0.4, 0.5) is 4.39 Å². The first-order valence-electron chi connectivity index (χ1n) is 2.45. The van der Waals surface area contributed by atoms with Gasteiger partial charge in [0, 0.05) is 5.03 Å². The van der Waals surface area contributed by atoms with E-state index in [2.05, 4.69) is 13.2 Å². The molecular formula is C7H6ClFO. The molecular weight excluding hydrogens is 155 g/mol. The van der Waals surface area contributed by atoms with Crippen molar-refractivity contribution in [3.63, 3.8) is 0 Å². The van der Waals surface area contributed by atoms with Crippen molar-refractivity contribution in [3.8, 4) is 0 Å². The summed E-state index contributed by atoms with van der Waals surface area (Å²) in [5, 5.41) is -0.118. The lowest BCUT2D eigenvalue weighted by Gasteiger charge is -1.93. The van der Waals surface area contributed by atoms with Crippen molar-refractivity contribution in [1.82, 2.24) is 0 Å². The van der Waals surface area contributed by atoms with Crippen LogP contribution in [0.5, 0.6) is 0 Å². The Morgan fingerprint density at radius 1 is 1.60 bits per heavy atom. The van der Waals surface area contributed by atoms with Crippen molar-refractivity contribution in [1.29, 1.82) is 0 Å². The molecule has 54 valence electrons. The Labute approximate surface area is 63.5 Å². The molecule has 0 saturated heterocycles. The summed E-state index contributed by atoms with van der Waals surface area (Å²) in [6, 6.07) is 0. The van der Waals surface area contributed by atoms with Gasteiger partial charge in [0.05, 0.1) is 5.57 Å². The van der Waals surface area contributed by atoms with Crippen molar-refractivity contribution >= 4 is 17.9 Å². The van der Waals surface area contributed by atoms with Crippen LogP contribution in [0.3, 0.4) is 0 Å². The summed E-state index contributed by atoms with van der Waals surface area (Å²) >= 11 is 5.25. The molecule has 0 rings (SSSR count). The second kappa shape index (κ2) is 4.01. The molecule has 0 spiro atoms. The van der Waals surface area contributed by atoms with Crippen molar-refractivity contribution in [3.05, 3.63) is 35.7 Å². The molecule has 0 atom stereocenters. The second-order valence-corrected chi connectivity index (χ2v) is 1.94. The van der Waals surface area contributed by atoms with Gasteiger partial charge < -0.3 is 0 Å². The molecule has 0 bridgehead atoms. The van der Waals surface area contributed by atoms with Gasteiger partial charge in [0.1, 0.15) is 5.83 Å². The summed E-state index contributed by atoms with van der Waals surface area (Å²) in [5.74, 6) is -0.755. The molecule has 10 heavy (non-hydrogen) atoms. The van der Waals surface area contributed by atoms with E-state index in [-0.39, 0.29) is 10.6 Å². The standard InChI is InChI=1S/C7H6ClFO/c1-3-7(9)6(4-10)5(2)8/h3-4H,1-2H2/b7-6+. The smallest absolute Gasteiger partial charge is 0.154 e. The highest BCUT2D eigenvalue weighted by molar-refractivity contribution is 6.33. The van der Waals surface area contributed by atoms with E-state index in [1.54, 1.807) is 0 Å². The third kappa shape index (κ3) is 2.15. The molecule has 3 heteroatoms. The number of carbonyl (C=O) groups is 1. The van der Waals surface area contributed by atoms with Crippen LogP contribution in [0, 0.1) is 0 Å². The minimum atomic E-state index is -0.755. The third-order valence-corrected chi connectivity index (χ3v) is 1.05. The van der Waals surface area contributed by atoms with Crippen LogP contribution in [0.15, 0.2) is 35.7 Å². The highest BCUT2D eigenvalue weighted by Crippen LogP contribution is 2.15. The Morgan fingerprint density at radius 3 is 2.20 bits per heavy atom. The lowest BCUT2D eigenvalue weighted by molar-refractivity contribution is -0.104. The van der Waals surface area contributed by atoms with E-state index in [9.17, 15) is 9.18 Å². The molecule has 0 aliphatic carbocycles. The van der Waals surface area contributed by atoms with E-state index in [1.807, 2.05) is 0 Å². The van der Waals surface area contributed by atoms with E-state index in [1.165, 1.54) is 0 Å². The summed E-state index contributed by atoms with van der Waals surface area (Å²) in [4.78, 5) is 10.1. The molecule has 0 aromatic heterocycles. The van der Waals surface area contributed by atoms with Gasteiger partial charge in [-0.05, 0) is 6.08 Å². The number of hydrogen-bond donors (Lipinski definition) is 0. The van der Waals surface area contributed by atoms with E-state index in [0.29, 0.717) is 6.29 Å². The van der Waals surface area contributed by atoms with Crippen molar-refractivity contribution in [2.45, 2.75) is 0 Å². The molecule has 0 heterocycles. The predicted molar refractivity (Wildman–Crippen MR) is 39.4 cm³/mol. The molecule has 0 fully saturated rings. The second-order valence-electron chi connectivity index (χ2n) is 1.49. The highest BCUT2D eigenvalue weighted by atomic mass is 35.5. The van der Waals surface area contributed by atoms with Crippen molar-refractivity contribution < 1.29 is 9.18 Å². The average molecular weight is 161 g/mol. The first kappa shape index (κ1) is 9.11. The van der Waals surface area contributed by atoms with Crippen molar-refractivity contribution in [2.75, 3.05) is 0 Å². The topological polar surface area (TPSA) is 17.1 Å². The predicted octanol–water partition coefficient (Wildman–Crippen LogP) is 2.35. The lowest BCUT2D eigenvalue weighted by atomic mass is 10.2. The summed E-state index contributed by atoms with van der Waals surface area (Å²) < 4.78 is 12.4. The molecule has 0 aliphatic heterocycles. The van der Waals surface area contributed by atoms with E-state index in [4.69, 9.17) is 11.6 Å². The molecule has 0 aromatic carbocycles. The summed E-state index contributed by atoms with van der Waals surface area (Å²) in [6.45, 7) is 6.30. The highest BCUT2D eigenvalue weighted by Gasteiger charge is 2.03. The maximum absolute atomic E-state index is 12.4. The van der Waals surface area contributed by atoms with Crippen LogP contribution in [-0.4, -0.2) is 6.29 Å². The van der Waals surface area contributed by atoms with Gasteiger partial charge in [0.25, 0.3) is 0 Å². The fourth-order valence-electron chi connectivity index (χ4n) is 0.360. The van der Waals surface area contributed by atoms with E-state index < -0.39 is 5.83 Å².